The molecule has 96 valence electrons. The van der Waals surface area contributed by atoms with Crippen molar-refractivity contribution in [2.24, 2.45) is 0 Å². The van der Waals surface area contributed by atoms with Gasteiger partial charge in [0.2, 0.25) is 0 Å². The molecule has 0 aliphatic carbocycles. The van der Waals surface area contributed by atoms with Crippen molar-refractivity contribution in [3.8, 4) is 5.75 Å². The Balaban J connectivity index is 2.05. The van der Waals surface area contributed by atoms with Gasteiger partial charge in [-0.1, -0.05) is 18.5 Å². The minimum Gasteiger partial charge on any atom is -0.497 e. The molecule has 0 bridgehead atoms. The average molecular weight is 282 g/mol. The summed E-state index contributed by atoms with van der Waals surface area (Å²) >= 11 is 7.97. The van der Waals surface area contributed by atoms with Crippen LogP contribution < -0.4 is 10.1 Å². The van der Waals surface area contributed by atoms with Crippen LogP contribution >= 0.6 is 22.9 Å². The van der Waals surface area contributed by atoms with Gasteiger partial charge in [0, 0.05) is 22.4 Å². The van der Waals surface area contributed by atoms with Gasteiger partial charge in [0.25, 0.3) is 0 Å². The molecule has 1 aromatic carbocycles. The number of halogens is 1. The van der Waals surface area contributed by atoms with Crippen LogP contribution in [0.15, 0.2) is 30.3 Å². The topological polar surface area (TPSA) is 21.3 Å². The van der Waals surface area contributed by atoms with E-state index in [1.165, 1.54) is 9.75 Å². The van der Waals surface area contributed by atoms with Gasteiger partial charge >= 0.3 is 0 Å². The molecule has 0 atom stereocenters. The average Bonchev–Trinajstić information content (AvgIpc) is 2.86. The zero-order valence-electron chi connectivity index (χ0n) is 10.5. The van der Waals surface area contributed by atoms with Crippen LogP contribution in [0.4, 0.5) is 5.69 Å². The van der Waals surface area contributed by atoms with E-state index in [0.29, 0.717) is 5.02 Å². The van der Waals surface area contributed by atoms with Gasteiger partial charge in [-0.2, -0.15) is 0 Å². The Bertz CT molecular complexity index is 524. The Morgan fingerprint density at radius 1 is 1.22 bits per heavy atom. The van der Waals surface area contributed by atoms with Gasteiger partial charge in [-0.3, -0.25) is 0 Å². The molecule has 0 saturated heterocycles. The summed E-state index contributed by atoms with van der Waals surface area (Å²) in [5.74, 6) is 0.808. The second-order valence-corrected chi connectivity index (χ2v) is 5.58. The third-order valence-electron chi connectivity index (χ3n) is 2.69. The molecule has 2 nitrogen and oxygen atoms in total. The number of hydrogen-bond acceptors (Lipinski definition) is 3. The Morgan fingerprint density at radius 2 is 2.00 bits per heavy atom. The van der Waals surface area contributed by atoms with Gasteiger partial charge in [-0.25, -0.2) is 0 Å². The number of hydrogen-bond donors (Lipinski definition) is 1. The van der Waals surface area contributed by atoms with Gasteiger partial charge in [-0.15, -0.1) is 11.3 Å². The zero-order chi connectivity index (χ0) is 13.0. The Morgan fingerprint density at radius 3 is 2.67 bits per heavy atom. The van der Waals surface area contributed by atoms with E-state index in [4.69, 9.17) is 16.3 Å². The van der Waals surface area contributed by atoms with Crippen molar-refractivity contribution in [3.05, 3.63) is 45.1 Å². The molecule has 1 heterocycles. The van der Waals surface area contributed by atoms with E-state index < -0.39 is 0 Å². The number of nitrogens with one attached hydrogen (secondary N) is 1. The van der Waals surface area contributed by atoms with Crippen molar-refractivity contribution >= 4 is 28.6 Å². The van der Waals surface area contributed by atoms with Crippen LogP contribution in [0.2, 0.25) is 5.02 Å². The molecule has 1 N–H and O–H groups in total. The number of methoxy groups -OCH3 is 1. The zero-order valence-corrected chi connectivity index (χ0v) is 12.1. The summed E-state index contributed by atoms with van der Waals surface area (Å²) in [6.45, 7) is 2.96. The van der Waals surface area contributed by atoms with Crippen LogP contribution in [0.3, 0.4) is 0 Å². The van der Waals surface area contributed by atoms with Crippen LogP contribution in [0, 0.1) is 0 Å². The van der Waals surface area contributed by atoms with E-state index >= 15 is 0 Å². The SMILES string of the molecule is CCc1ccc(CNc2cc(OC)ccc2Cl)s1. The number of thiophene rings is 1. The Labute approximate surface area is 117 Å². The van der Waals surface area contributed by atoms with Crippen molar-refractivity contribution in [2.75, 3.05) is 12.4 Å². The largest absolute Gasteiger partial charge is 0.497 e. The summed E-state index contributed by atoms with van der Waals surface area (Å²) < 4.78 is 5.19. The maximum atomic E-state index is 6.14. The quantitative estimate of drug-likeness (QED) is 0.866. The highest BCUT2D eigenvalue weighted by Gasteiger charge is 2.03. The molecule has 1 aromatic heterocycles. The first-order valence-electron chi connectivity index (χ1n) is 5.88. The van der Waals surface area contributed by atoms with Gasteiger partial charge in [0.15, 0.2) is 0 Å². The van der Waals surface area contributed by atoms with Gasteiger partial charge < -0.3 is 10.1 Å². The Hall–Kier alpha value is -1.19. The minimum absolute atomic E-state index is 0.711. The second kappa shape index (κ2) is 6.12. The van der Waals surface area contributed by atoms with Gasteiger partial charge in [0.05, 0.1) is 17.8 Å². The highest BCUT2D eigenvalue weighted by atomic mass is 35.5. The second-order valence-electron chi connectivity index (χ2n) is 3.92. The van der Waals surface area contributed by atoms with E-state index in [0.717, 1.165) is 24.4 Å². The first kappa shape index (κ1) is 13.2. The molecule has 0 aliphatic heterocycles. The molecule has 4 heteroatoms. The number of ether oxygens (including phenoxy) is 1. The maximum absolute atomic E-state index is 6.14. The highest BCUT2D eigenvalue weighted by Crippen LogP contribution is 2.27. The molecule has 0 fully saturated rings. The number of benzene rings is 1. The first-order chi connectivity index (χ1) is 8.72. The molecule has 2 rings (SSSR count). The lowest BCUT2D eigenvalue weighted by molar-refractivity contribution is 0.415. The summed E-state index contributed by atoms with van der Waals surface area (Å²) in [5, 5.41) is 4.05. The monoisotopic (exact) mass is 281 g/mol. The van der Waals surface area contributed by atoms with Crippen molar-refractivity contribution in [2.45, 2.75) is 19.9 Å². The molecule has 0 unspecified atom stereocenters. The van der Waals surface area contributed by atoms with Crippen LogP contribution in [0.25, 0.3) is 0 Å². The fourth-order valence-corrected chi connectivity index (χ4v) is 2.74. The molecular weight excluding hydrogens is 266 g/mol. The highest BCUT2D eigenvalue weighted by molar-refractivity contribution is 7.12. The fourth-order valence-electron chi connectivity index (χ4n) is 1.66. The van der Waals surface area contributed by atoms with E-state index in [1.54, 1.807) is 7.11 Å². The van der Waals surface area contributed by atoms with Crippen LogP contribution in [-0.4, -0.2) is 7.11 Å². The summed E-state index contributed by atoms with van der Waals surface area (Å²) in [6, 6.07) is 9.94. The van der Waals surface area contributed by atoms with E-state index in [1.807, 2.05) is 29.5 Å². The van der Waals surface area contributed by atoms with E-state index in [2.05, 4.69) is 24.4 Å². The van der Waals surface area contributed by atoms with E-state index in [-0.39, 0.29) is 0 Å². The summed E-state index contributed by atoms with van der Waals surface area (Å²) in [7, 11) is 1.65. The predicted octanol–water partition coefficient (Wildman–Crippen LogP) is 4.58. The van der Waals surface area contributed by atoms with Gasteiger partial charge in [-0.05, 0) is 30.7 Å². The van der Waals surface area contributed by atoms with Crippen molar-refractivity contribution in [1.82, 2.24) is 0 Å². The van der Waals surface area contributed by atoms with Crippen LogP contribution in [-0.2, 0) is 13.0 Å². The number of rotatable bonds is 5. The lowest BCUT2D eigenvalue weighted by Crippen LogP contribution is -1.98. The molecule has 0 amide bonds. The van der Waals surface area contributed by atoms with Crippen molar-refractivity contribution < 1.29 is 4.74 Å². The smallest absolute Gasteiger partial charge is 0.121 e. The fraction of sp³-hybridized carbons (Fsp3) is 0.286. The number of aryl methyl sites for hydroxylation is 1. The Kier molecular flexibility index (Phi) is 4.50. The van der Waals surface area contributed by atoms with Gasteiger partial charge in [0.1, 0.15) is 5.75 Å². The molecule has 18 heavy (non-hydrogen) atoms. The van der Waals surface area contributed by atoms with Crippen molar-refractivity contribution in [1.29, 1.82) is 0 Å². The number of anilines is 1. The molecule has 0 saturated carbocycles. The minimum atomic E-state index is 0.711. The molecule has 0 aliphatic rings. The van der Waals surface area contributed by atoms with Crippen LogP contribution in [0.5, 0.6) is 5.75 Å². The molecule has 2 aromatic rings. The van der Waals surface area contributed by atoms with E-state index in [9.17, 15) is 0 Å². The third kappa shape index (κ3) is 3.18. The van der Waals surface area contributed by atoms with Crippen LogP contribution in [0.1, 0.15) is 16.7 Å². The lowest BCUT2D eigenvalue weighted by Gasteiger charge is -2.09. The predicted molar refractivity (Wildman–Crippen MR) is 79.0 cm³/mol. The lowest BCUT2D eigenvalue weighted by atomic mass is 10.3. The normalized spacial score (nSPS) is 10.4. The molecule has 0 spiro atoms. The molecule has 0 radical (unpaired) electrons. The van der Waals surface area contributed by atoms with Crippen molar-refractivity contribution in [3.63, 3.8) is 0 Å². The first-order valence-corrected chi connectivity index (χ1v) is 7.07. The molecular formula is C14H16ClNOS. The summed E-state index contributed by atoms with van der Waals surface area (Å²) in [6.07, 6.45) is 1.09. The maximum Gasteiger partial charge on any atom is 0.121 e. The summed E-state index contributed by atoms with van der Waals surface area (Å²) in [5.41, 5.74) is 0.905. The standard InChI is InChI=1S/C14H16ClNOS/c1-3-11-5-6-12(18-11)9-16-14-8-10(17-2)4-7-13(14)15/h4-8,16H,3,9H2,1-2H3. The third-order valence-corrected chi connectivity index (χ3v) is 4.25. The summed E-state index contributed by atoms with van der Waals surface area (Å²) in [4.78, 5) is 2.72.